The van der Waals surface area contributed by atoms with Crippen molar-refractivity contribution in [3.8, 4) is 0 Å². The number of rotatable bonds is 7. The van der Waals surface area contributed by atoms with Crippen molar-refractivity contribution in [2.45, 2.75) is 44.7 Å². The first-order valence-corrected chi connectivity index (χ1v) is 11.1. The molecule has 7 nitrogen and oxygen atoms in total. The molecule has 0 spiro atoms. The first-order valence-electron chi connectivity index (χ1n) is 9.23. The Hall–Kier alpha value is -2.26. The predicted molar refractivity (Wildman–Crippen MR) is 107 cm³/mol. The molecule has 2 atom stereocenters. The molecule has 1 aliphatic heterocycles. The summed E-state index contributed by atoms with van der Waals surface area (Å²) in [7, 11) is 0. The van der Waals surface area contributed by atoms with Gasteiger partial charge in [0, 0.05) is 17.5 Å². The summed E-state index contributed by atoms with van der Waals surface area (Å²) in [6, 6.07) is 1.23. The zero-order valence-corrected chi connectivity index (χ0v) is 17.4. The van der Waals surface area contributed by atoms with Gasteiger partial charge in [-0.25, -0.2) is 9.78 Å². The van der Waals surface area contributed by atoms with Gasteiger partial charge in [-0.1, -0.05) is 0 Å². The third-order valence-electron chi connectivity index (χ3n) is 5.29. The van der Waals surface area contributed by atoms with Crippen molar-refractivity contribution in [2.75, 3.05) is 6.54 Å². The lowest BCUT2D eigenvalue weighted by Crippen LogP contribution is -2.47. The van der Waals surface area contributed by atoms with E-state index >= 15 is 0 Å². The summed E-state index contributed by atoms with van der Waals surface area (Å²) in [4.78, 5) is 43.3. The third-order valence-corrected chi connectivity index (χ3v) is 7.10. The van der Waals surface area contributed by atoms with E-state index in [0.717, 1.165) is 34.0 Å². The van der Waals surface area contributed by atoms with E-state index in [9.17, 15) is 14.4 Å². The minimum Gasteiger partial charge on any atom is -0.345 e. The standard InChI is InChI=1S/C19H22N4O3S2/c1-11-9-28-16(20-11)14(7-12-5-6-27-10-12)21-15(24)8-23-17(25)19(2,13-3-4-13)22-18(23)26/h5-6,9-10,13-14H,3-4,7-8H2,1-2H3,(H,21,24)(H,22,26). The number of carbonyl (C=O) groups is 3. The highest BCUT2D eigenvalue weighted by Gasteiger charge is 2.56. The summed E-state index contributed by atoms with van der Waals surface area (Å²) in [5.74, 6) is -0.507. The van der Waals surface area contributed by atoms with Crippen molar-refractivity contribution in [3.05, 3.63) is 38.5 Å². The molecule has 2 aliphatic rings. The topological polar surface area (TPSA) is 91.4 Å². The molecule has 1 saturated carbocycles. The number of imide groups is 1. The fraction of sp³-hybridized carbons (Fsp3) is 0.474. The average molecular weight is 419 g/mol. The van der Waals surface area contributed by atoms with Crippen molar-refractivity contribution in [1.82, 2.24) is 20.5 Å². The van der Waals surface area contributed by atoms with E-state index in [2.05, 4.69) is 15.6 Å². The monoisotopic (exact) mass is 418 g/mol. The second kappa shape index (κ2) is 7.29. The Morgan fingerprint density at radius 2 is 2.21 bits per heavy atom. The maximum Gasteiger partial charge on any atom is 0.325 e. The van der Waals surface area contributed by atoms with Crippen LogP contribution in [-0.2, 0) is 16.0 Å². The van der Waals surface area contributed by atoms with Crippen LogP contribution in [0.2, 0.25) is 0 Å². The molecule has 4 amide bonds. The van der Waals surface area contributed by atoms with Gasteiger partial charge in [0.15, 0.2) is 0 Å². The molecule has 0 radical (unpaired) electrons. The van der Waals surface area contributed by atoms with Crippen molar-refractivity contribution in [2.24, 2.45) is 5.92 Å². The molecule has 2 fully saturated rings. The van der Waals surface area contributed by atoms with Crippen LogP contribution in [-0.4, -0.2) is 39.8 Å². The van der Waals surface area contributed by atoms with Gasteiger partial charge in [0.25, 0.3) is 5.91 Å². The highest BCUT2D eigenvalue weighted by Crippen LogP contribution is 2.42. The Morgan fingerprint density at radius 1 is 1.43 bits per heavy atom. The number of hydrogen-bond donors (Lipinski definition) is 2. The van der Waals surface area contributed by atoms with Crippen molar-refractivity contribution in [1.29, 1.82) is 0 Å². The Morgan fingerprint density at radius 3 is 2.82 bits per heavy atom. The number of thiazole rings is 1. The van der Waals surface area contributed by atoms with Gasteiger partial charge in [-0.05, 0) is 55.0 Å². The van der Waals surface area contributed by atoms with Gasteiger partial charge in [-0.3, -0.25) is 14.5 Å². The number of thiophene rings is 1. The normalized spacial score (nSPS) is 23.0. The van der Waals surface area contributed by atoms with Crippen LogP contribution in [0, 0.1) is 12.8 Å². The highest BCUT2D eigenvalue weighted by molar-refractivity contribution is 7.09. The van der Waals surface area contributed by atoms with Gasteiger partial charge in [0.2, 0.25) is 5.91 Å². The molecular weight excluding hydrogens is 396 g/mol. The fourth-order valence-corrected chi connectivity index (χ4v) is 5.09. The number of nitrogens with one attached hydrogen (secondary N) is 2. The molecule has 2 aromatic rings. The van der Waals surface area contributed by atoms with Gasteiger partial charge in [0.05, 0.1) is 6.04 Å². The van der Waals surface area contributed by atoms with Crippen LogP contribution in [0.4, 0.5) is 4.79 Å². The molecule has 0 bridgehead atoms. The number of amides is 4. The van der Waals surface area contributed by atoms with E-state index in [-0.39, 0.29) is 30.3 Å². The lowest BCUT2D eigenvalue weighted by Gasteiger charge is -2.21. The molecule has 1 saturated heterocycles. The van der Waals surface area contributed by atoms with E-state index in [1.807, 2.05) is 29.1 Å². The Labute approximate surface area is 171 Å². The number of aryl methyl sites for hydroxylation is 1. The fourth-order valence-electron chi connectivity index (χ4n) is 3.56. The van der Waals surface area contributed by atoms with E-state index in [4.69, 9.17) is 0 Å². The zero-order valence-electron chi connectivity index (χ0n) is 15.7. The Balaban J connectivity index is 1.45. The van der Waals surface area contributed by atoms with Crippen LogP contribution >= 0.6 is 22.7 Å². The quantitative estimate of drug-likeness (QED) is 0.676. The van der Waals surface area contributed by atoms with Gasteiger partial charge >= 0.3 is 6.03 Å². The van der Waals surface area contributed by atoms with E-state index in [0.29, 0.717) is 6.42 Å². The van der Waals surface area contributed by atoms with Crippen LogP contribution in [0.25, 0.3) is 0 Å². The SMILES string of the molecule is Cc1csc(C(Cc2ccsc2)NC(=O)CN2C(=O)NC(C)(C3CC3)C2=O)n1. The number of hydrogen-bond acceptors (Lipinski definition) is 6. The summed E-state index contributed by atoms with van der Waals surface area (Å²) in [6.45, 7) is 3.38. The summed E-state index contributed by atoms with van der Waals surface area (Å²) in [5, 5.41) is 12.5. The van der Waals surface area contributed by atoms with Crippen molar-refractivity contribution in [3.63, 3.8) is 0 Å². The molecule has 0 aromatic carbocycles. The maximum atomic E-state index is 12.7. The number of urea groups is 1. The van der Waals surface area contributed by atoms with Crippen molar-refractivity contribution < 1.29 is 14.4 Å². The predicted octanol–water partition coefficient (Wildman–Crippen LogP) is 2.63. The van der Waals surface area contributed by atoms with Crippen LogP contribution in [0.5, 0.6) is 0 Å². The van der Waals surface area contributed by atoms with Crippen molar-refractivity contribution >= 4 is 40.5 Å². The van der Waals surface area contributed by atoms with Crippen LogP contribution in [0.1, 0.15) is 42.1 Å². The van der Waals surface area contributed by atoms with Crippen LogP contribution in [0.3, 0.4) is 0 Å². The third kappa shape index (κ3) is 3.68. The summed E-state index contributed by atoms with van der Waals surface area (Å²) in [6.07, 6.45) is 2.46. The van der Waals surface area contributed by atoms with Gasteiger partial charge in [-0.2, -0.15) is 11.3 Å². The van der Waals surface area contributed by atoms with E-state index in [1.165, 1.54) is 11.3 Å². The molecule has 1 aliphatic carbocycles. The highest BCUT2D eigenvalue weighted by atomic mass is 32.1. The largest absolute Gasteiger partial charge is 0.345 e. The molecule has 4 rings (SSSR count). The molecule has 28 heavy (non-hydrogen) atoms. The summed E-state index contributed by atoms with van der Waals surface area (Å²) >= 11 is 3.10. The molecule has 148 valence electrons. The molecule has 3 heterocycles. The van der Waals surface area contributed by atoms with E-state index < -0.39 is 11.6 Å². The smallest absolute Gasteiger partial charge is 0.325 e. The van der Waals surface area contributed by atoms with E-state index in [1.54, 1.807) is 18.3 Å². The Bertz CT molecular complexity index is 906. The second-order valence-corrected chi connectivity index (χ2v) is 9.25. The average Bonchev–Trinajstić information content (AvgIpc) is 3.16. The van der Waals surface area contributed by atoms with Gasteiger partial charge < -0.3 is 10.6 Å². The lowest BCUT2D eigenvalue weighted by atomic mass is 9.96. The summed E-state index contributed by atoms with van der Waals surface area (Å²) in [5.41, 5.74) is 1.14. The summed E-state index contributed by atoms with van der Waals surface area (Å²) < 4.78 is 0. The molecular formula is C19H22N4O3S2. The van der Waals surface area contributed by atoms with Crippen LogP contribution < -0.4 is 10.6 Å². The van der Waals surface area contributed by atoms with Gasteiger partial charge in [-0.15, -0.1) is 11.3 Å². The number of carbonyl (C=O) groups excluding carboxylic acids is 3. The molecule has 2 N–H and O–H groups in total. The number of nitrogens with zero attached hydrogens (tertiary/aromatic N) is 2. The Kier molecular flexibility index (Phi) is 4.96. The van der Waals surface area contributed by atoms with Gasteiger partial charge in [0.1, 0.15) is 17.1 Å². The molecule has 2 aromatic heterocycles. The second-order valence-electron chi connectivity index (χ2n) is 7.58. The number of aromatic nitrogens is 1. The first-order chi connectivity index (χ1) is 13.4. The maximum absolute atomic E-state index is 12.7. The minimum absolute atomic E-state index is 0.168. The van der Waals surface area contributed by atoms with Crippen LogP contribution in [0.15, 0.2) is 22.2 Å². The molecule has 2 unspecified atom stereocenters. The first kappa shape index (κ1) is 19.1. The lowest BCUT2D eigenvalue weighted by molar-refractivity contribution is -0.135. The molecule has 9 heteroatoms. The zero-order chi connectivity index (χ0) is 19.9. The minimum atomic E-state index is -0.875.